The number of rotatable bonds is 2. The molecule has 0 spiro atoms. The van der Waals surface area contributed by atoms with Crippen molar-refractivity contribution in [2.24, 2.45) is 5.92 Å². The third-order valence-corrected chi connectivity index (χ3v) is 5.14. The normalized spacial score (nSPS) is 35.4. The van der Waals surface area contributed by atoms with Crippen molar-refractivity contribution in [1.29, 1.82) is 0 Å². The molecule has 1 saturated heterocycles. The highest BCUT2D eigenvalue weighted by atomic mass is 19.1. The van der Waals surface area contributed by atoms with Crippen molar-refractivity contribution in [2.45, 2.75) is 50.7 Å². The zero-order chi connectivity index (χ0) is 14.2. The van der Waals surface area contributed by atoms with Crippen molar-refractivity contribution < 1.29 is 9.50 Å². The van der Waals surface area contributed by atoms with Gasteiger partial charge in [0.15, 0.2) is 0 Å². The van der Waals surface area contributed by atoms with Crippen LogP contribution >= 0.6 is 0 Å². The first kappa shape index (κ1) is 14.0. The Bertz CT molecular complexity index is 451. The summed E-state index contributed by atoms with van der Waals surface area (Å²) in [5, 5.41) is 10.8. The molecule has 1 N–H and O–H groups in total. The van der Waals surface area contributed by atoms with Crippen molar-refractivity contribution in [2.75, 3.05) is 13.1 Å². The second-order valence-electron chi connectivity index (χ2n) is 6.66. The zero-order valence-electron chi connectivity index (χ0n) is 12.2. The number of aliphatic hydroxyl groups is 1. The number of hydrogen-bond donors (Lipinski definition) is 1. The summed E-state index contributed by atoms with van der Waals surface area (Å²) in [4.78, 5) is 2.59. The summed E-state index contributed by atoms with van der Waals surface area (Å²) in [5.41, 5.74) is 0.113. The van der Waals surface area contributed by atoms with E-state index in [0.717, 1.165) is 37.2 Å². The number of halogens is 1. The van der Waals surface area contributed by atoms with E-state index >= 15 is 0 Å². The quantitative estimate of drug-likeness (QED) is 0.896. The topological polar surface area (TPSA) is 23.5 Å². The highest BCUT2D eigenvalue weighted by molar-refractivity contribution is 5.23. The van der Waals surface area contributed by atoms with Gasteiger partial charge in [0, 0.05) is 12.6 Å². The van der Waals surface area contributed by atoms with E-state index in [2.05, 4.69) is 11.8 Å². The van der Waals surface area contributed by atoms with Gasteiger partial charge in [0.25, 0.3) is 0 Å². The van der Waals surface area contributed by atoms with Gasteiger partial charge in [-0.15, -0.1) is 0 Å². The van der Waals surface area contributed by atoms with E-state index in [1.165, 1.54) is 31.6 Å². The molecule has 1 aliphatic heterocycles. The van der Waals surface area contributed by atoms with Gasteiger partial charge in [-0.3, -0.25) is 0 Å². The molecule has 0 aromatic heterocycles. The van der Waals surface area contributed by atoms with Gasteiger partial charge in [0.2, 0.25) is 0 Å². The Morgan fingerprint density at radius 2 is 1.80 bits per heavy atom. The molecular weight excluding hydrogens is 253 g/mol. The number of likely N-dealkylation sites (tertiary alicyclic amines) is 1. The lowest BCUT2D eigenvalue weighted by Gasteiger charge is -2.40. The second kappa shape index (κ2) is 5.45. The second-order valence-corrected chi connectivity index (χ2v) is 6.66. The lowest BCUT2D eigenvalue weighted by Crippen LogP contribution is -2.41. The summed E-state index contributed by atoms with van der Waals surface area (Å²) in [6.07, 6.45) is 4.96. The van der Waals surface area contributed by atoms with Crippen LogP contribution < -0.4 is 0 Å². The fourth-order valence-electron chi connectivity index (χ4n) is 3.79. The summed E-state index contributed by atoms with van der Waals surface area (Å²) < 4.78 is 13.0. The molecule has 1 aliphatic carbocycles. The maximum absolute atomic E-state index is 13.0. The van der Waals surface area contributed by atoms with Crippen LogP contribution in [0, 0.1) is 11.7 Å². The van der Waals surface area contributed by atoms with E-state index < -0.39 is 5.60 Å². The summed E-state index contributed by atoms with van der Waals surface area (Å²) in [6, 6.07) is 6.98. The monoisotopic (exact) mass is 277 g/mol. The minimum atomic E-state index is -0.754. The Balaban J connectivity index is 1.63. The molecule has 1 aromatic carbocycles. The van der Waals surface area contributed by atoms with Crippen LogP contribution in [-0.2, 0) is 5.60 Å². The Labute approximate surface area is 120 Å². The lowest BCUT2D eigenvalue weighted by atomic mass is 9.77. The first-order valence-corrected chi connectivity index (χ1v) is 7.79. The fraction of sp³-hybridized carbons (Fsp3) is 0.647. The van der Waals surface area contributed by atoms with E-state index in [1.807, 2.05) is 0 Å². The van der Waals surface area contributed by atoms with Crippen molar-refractivity contribution in [1.82, 2.24) is 4.90 Å². The predicted molar refractivity (Wildman–Crippen MR) is 77.9 cm³/mol. The van der Waals surface area contributed by atoms with E-state index in [-0.39, 0.29) is 5.82 Å². The van der Waals surface area contributed by atoms with Gasteiger partial charge in [-0.25, -0.2) is 4.39 Å². The lowest BCUT2D eigenvalue weighted by molar-refractivity contribution is -0.0225. The molecule has 1 heterocycles. The number of benzene rings is 1. The van der Waals surface area contributed by atoms with Gasteiger partial charge in [0.05, 0.1) is 5.60 Å². The molecular formula is C17H24FNO. The molecule has 1 aromatic rings. The van der Waals surface area contributed by atoms with Crippen LogP contribution in [0.15, 0.2) is 24.3 Å². The molecule has 1 atom stereocenters. The molecule has 0 radical (unpaired) electrons. The largest absolute Gasteiger partial charge is 0.385 e. The predicted octanol–water partition coefficient (Wildman–Crippen LogP) is 3.30. The molecule has 3 heteroatoms. The molecule has 0 bridgehead atoms. The highest BCUT2D eigenvalue weighted by Gasteiger charge is 2.37. The van der Waals surface area contributed by atoms with Crippen molar-refractivity contribution in [3.63, 3.8) is 0 Å². The van der Waals surface area contributed by atoms with Gasteiger partial charge >= 0.3 is 0 Å². The van der Waals surface area contributed by atoms with Crippen LogP contribution in [0.3, 0.4) is 0 Å². The average molecular weight is 277 g/mol. The minimum absolute atomic E-state index is 0.239. The third kappa shape index (κ3) is 2.75. The van der Waals surface area contributed by atoms with Crippen LogP contribution in [-0.4, -0.2) is 29.1 Å². The maximum atomic E-state index is 13.0. The molecule has 2 aliphatic rings. The molecule has 3 rings (SSSR count). The average Bonchev–Trinajstić information content (AvgIpc) is 2.87. The summed E-state index contributed by atoms with van der Waals surface area (Å²) >= 11 is 0. The number of nitrogens with zero attached hydrogens (tertiary/aromatic N) is 1. The molecule has 0 amide bonds. The van der Waals surface area contributed by atoms with Gasteiger partial charge < -0.3 is 10.0 Å². The van der Waals surface area contributed by atoms with Crippen LogP contribution in [0.5, 0.6) is 0 Å². The smallest absolute Gasteiger partial charge is 0.123 e. The third-order valence-electron chi connectivity index (χ3n) is 5.14. The van der Waals surface area contributed by atoms with Crippen LogP contribution in [0.4, 0.5) is 4.39 Å². The standard InChI is InChI=1S/C17H24FNO/c1-13-8-11-19(12-13)16-6-9-17(20,10-7-16)14-2-4-15(18)5-3-14/h2-5,13,16,20H,6-12H2,1H3. The van der Waals surface area contributed by atoms with E-state index in [0.29, 0.717) is 6.04 Å². The van der Waals surface area contributed by atoms with Crippen LogP contribution in [0.2, 0.25) is 0 Å². The maximum Gasteiger partial charge on any atom is 0.123 e. The molecule has 1 saturated carbocycles. The van der Waals surface area contributed by atoms with Crippen molar-refractivity contribution in [3.05, 3.63) is 35.6 Å². The minimum Gasteiger partial charge on any atom is -0.385 e. The Morgan fingerprint density at radius 1 is 1.15 bits per heavy atom. The first-order valence-electron chi connectivity index (χ1n) is 7.79. The Morgan fingerprint density at radius 3 is 2.35 bits per heavy atom. The molecule has 110 valence electrons. The Kier molecular flexibility index (Phi) is 3.83. The van der Waals surface area contributed by atoms with Gasteiger partial charge in [-0.1, -0.05) is 19.1 Å². The highest BCUT2D eigenvalue weighted by Crippen LogP contribution is 2.39. The number of hydrogen-bond acceptors (Lipinski definition) is 2. The van der Waals surface area contributed by atoms with E-state index in [4.69, 9.17) is 0 Å². The van der Waals surface area contributed by atoms with Gasteiger partial charge in [0.1, 0.15) is 5.82 Å². The van der Waals surface area contributed by atoms with E-state index in [9.17, 15) is 9.50 Å². The first-order chi connectivity index (χ1) is 9.57. The van der Waals surface area contributed by atoms with E-state index in [1.54, 1.807) is 12.1 Å². The zero-order valence-corrected chi connectivity index (χ0v) is 12.2. The van der Waals surface area contributed by atoms with Crippen molar-refractivity contribution >= 4 is 0 Å². The summed E-state index contributed by atoms with van der Waals surface area (Å²) in [5.74, 6) is 0.574. The summed E-state index contributed by atoms with van der Waals surface area (Å²) in [6.45, 7) is 4.73. The molecule has 2 fully saturated rings. The molecule has 2 nitrogen and oxygen atoms in total. The van der Waals surface area contributed by atoms with Gasteiger partial charge in [-0.2, -0.15) is 0 Å². The molecule has 1 unspecified atom stereocenters. The van der Waals surface area contributed by atoms with Crippen LogP contribution in [0.1, 0.15) is 44.6 Å². The van der Waals surface area contributed by atoms with Crippen LogP contribution in [0.25, 0.3) is 0 Å². The SMILES string of the molecule is CC1CCN(C2CCC(O)(c3ccc(F)cc3)CC2)C1. The van der Waals surface area contributed by atoms with Crippen molar-refractivity contribution in [3.8, 4) is 0 Å². The summed E-state index contributed by atoms with van der Waals surface area (Å²) in [7, 11) is 0. The molecule has 20 heavy (non-hydrogen) atoms. The fourth-order valence-corrected chi connectivity index (χ4v) is 3.79. The Hall–Kier alpha value is -0.930. The van der Waals surface area contributed by atoms with Gasteiger partial charge in [-0.05, 0) is 62.3 Å².